The average Bonchev–Trinajstić information content (AvgIpc) is 3.16. The number of benzene rings is 3. The van der Waals surface area contributed by atoms with E-state index in [1.54, 1.807) is 12.1 Å². The van der Waals surface area contributed by atoms with Crippen molar-refractivity contribution in [1.29, 1.82) is 0 Å². The minimum Gasteiger partial charge on any atom is -0.464 e. The smallest absolute Gasteiger partial charge is 0.310 e. The van der Waals surface area contributed by atoms with Crippen molar-refractivity contribution < 1.29 is 24.0 Å². The summed E-state index contributed by atoms with van der Waals surface area (Å²) >= 11 is 0. The van der Waals surface area contributed by atoms with Crippen molar-refractivity contribution in [3.63, 3.8) is 0 Å². The van der Waals surface area contributed by atoms with Crippen LogP contribution in [0.15, 0.2) is 77.8 Å². The summed E-state index contributed by atoms with van der Waals surface area (Å²) in [6.07, 6.45) is 4.13. The van der Waals surface area contributed by atoms with Crippen LogP contribution in [0.25, 0.3) is 0 Å². The molecule has 2 aliphatic rings. The molecule has 0 aromatic heterocycles. The van der Waals surface area contributed by atoms with Crippen LogP contribution in [0.1, 0.15) is 54.5 Å². The molecule has 0 saturated carbocycles. The Morgan fingerprint density at radius 3 is 2.08 bits per heavy atom. The van der Waals surface area contributed by atoms with Gasteiger partial charge in [0.15, 0.2) is 0 Å². The standard InChI is InChI=1S/C40H52N6O6/c1-31(42-17-20-43-18-4-3-5-19-43)40(35-13-15-37(16-14-35)46(49)50)45-23-21-44(22-24-45)25-26-51-38(47)28-32-9-11-33(12-10-32)29-39(48)52-30-34-7-6-8-36(27-34)41-2/h6-16,27,40-41H,3-5,17-26,28-30H2,1-2H3. The van der Waals surface area contributed by atoms with Crippen molar-refractivity contribution in [3.8, 4) is 0 Å². The van der Waals surface area contributed by atoms with Gasteiger partial charge in [-0.15, -0.1) is 0 Å². The van der Waals surface area contributed by atoms with E-state index in [1.807, 2.05) is 67.7 Å². The van der Waals surface area contributed by atoms with E-state index in [0.29, 0.717) is 13.2 Å². The Bertz CT molecular complexity index is 1630. The molecule has 3 aromatic carbocycles. The molecule has 1 unspecified atom stereocenters. The van der Waals surface area contributed by atoms with Gasteiger partial charge in [0.1, 0.15) is 13.2 Å². The first-order chi connectivity index (χ1) is 25.3. The van der Waals surface area contributed by atoms with Gasteiger partial charge in [-0.05, 0) is 67.2 Å². The minimum absolute atomic E-state index is 0.0553. The maximum atomic E-state index is 12.6. The topological polar surface area (TPSA) is 130 Å². The zero-order valence-corrected chi connectivity index (χ0v) is 30.5. The first-order valence-electron chi connectivity index (χ1n) is 18.4. The number of aliphatic imine (C=N–C) groups is 1. The van der Waals surface area contributed by atoms with Gasteiger partial charge in [-0.25, -0.2) is 0 Å². The highest BCUT2D eigenvalue weighted by Gasteiger charge is 2.28. The molecule has 5 rings (SSSR count). The predicted octanol–water partition coefficient (Wildman–Crippen LogP) is 5.31. The number of nitro groups is 1. The average molecular weight is 713 g/mol. The summed E-state index contributed by atoms with van der Waals surface area (Å²) in [6.45, 7) is 10.4. The second kappa shape index (κ2) is 19.8. The van der Waals surface area contributed by atoms with E-state index in [-0.39, 0.29) is 48.0 Å². The summed E-state index contributed by atoms with van der Waals surface area (Å²) in [4.78, 5) is 48.1. The molecular formula is C40H52N6O6. The van der Waals surface area contributed by atoms with Gasteiger partial charge in [-0.1, -0.05) is 55.0 Å². The molecule has 0 spiro atoms. The fourth-order valence-corrected chi connectivity index (χ4v) is 6.86. The Balaban J connectivity index is 1.04. The van der Waals surface area contributed by atoms with Gasteiger partial charge in [0, 0.05) is 69.8 Å². The molecule has 0 amide bonds. The lowest BCUT2D eigenvalue weighted by Gasteiger charge is -2.39. The zero-order chi connectivity index (χ0) is 36.7. The summed E-state index contributed by atoms with van der Waals surface area (Å²) in [5.41, 5.74) is 5.63. The lowest BCUT2D eigenvalue weighted by Crippen LogP contribution is -2.49. The molecule has 0 bridgehead atoms. The van der Waals surface area contributed by atoms with Crippen molar-refractivity contribution >= 4 is 29.0 Å². The van der Waals surface area contributed by atoms with E-state index in [2.05, 4.69) is 26.9 Å². The number of carbonyl (C=O) groups excluding carboxylic acids is 2. The second-order valence-electron chi connectivity index (χ2n) is 13.6. The summed E-state index contributed by atoms with van der Waals surface area (Å²) in [6, 6.07) is 21.9. The molecule has 0 aliphatic carbocycles. The van der Waals surface area contributed by atoms with Crippen molar-refractivity contribution in [2.24, 2.45) is 4.99 Å². The van der Waals surface area contributed by atoms with Crippen LogP contribution in [0.5, 0.6) is 0 Å². The summed E-state index contributed by atoms with van der Waals surface area (Å²) < 4.78 is 11.0. The maximum absolute atomic E-state index is 12.6. The number of esters is 2. The third-order valence-electron chi connectivity index (χ3n) is 9.82. The summed E-state index contributed by atoms with van der Waals surface area (Å²) in [7, 11) is 1.84. The van der Waals surface area contributed by atoms with Crippen molar-refractivity contribution in [2.45, 2.75) is 51.7 Å². The number of piperidine rings is 1. The molecule has 2 aliphatic heterocycles. The van der Waals surface area contributed by atoms with Crippen LogP contribution in [0.2, 0.25) is 0 Å². The van der Waals surface area contributed by atoms with Gasteiger partial charge < -0.3 is 19.7 Å². The van der Waals surface area contributed by atoms with Crippen LogP contribution in [0.3, 0.4) is 0 Å². The number of carbonyl (C=O) groups is 2. The normalized spacial score (nSPS) is 16.6. The Hall–Kier alpha value is -4.65. The number of rotatable bonds is 17. The second-order valence-corrected chi connectivity index (χ2v) is 13.6. The third kappa shape index (κ3) is 12.0. The molecule has 2 fully saturated rings. The minimum atomic E-state index is -0.367. The molecule has 12 nitrogen and oxygen atoms in total. The van der Waals surface area contributed by atoms with Gasteiger partial charge in [0.05, 0.1) is 30.4 Å². The van der Waals surface area contributed by atoms with Crippen LogP contribution in [0.4, 0.5) is 11.4 Å². The molecular weight excluding hydrogens is 660 g/mol. The van der Waals surface area contributed by atoms with Crippen LogP contribution >= 0.6 is 0 Å². The highest BCUT2D eigenvalue weighted by Crippen LogP contribution is 2.26. The molecule has 2 heterocycles. The zero-order valence-electron chi connectivity index (χ0n) is 30.5. The fourth-order valence-electron chi connectivity index (χ4n) is 6.86. The Morgan fingerprint density at radius 1 is 0.808 bits per heavy atom. The number of hydrogen-bond donors (Lipinski definition) is 1. The summed E-state index contributed by atoms with van der Waals surface area (Å²) in [5.74, 6) is -0.597. The van der Waals surface area contributed by atoms with Crippen LogP contribution in [-0.2, 0) is 38.5 Å². The van der Waals surface area contributed by atoms with Gasteiger partial charge in [0.2, 0.25) is 0 Å². The van der Waals surface area contributed by atoms with Gasteiger partial charge in [0.25, 0.3) is 5.69 Å². The highest BCUT2D eigenvalue weighted by molar-refractivity contribution is 5.88. The SMILES string of the molecule is CNc1cccc(COC(=O)Cc2ccc(CC(=O)OCCN3CCN(C(C(C)=NCCN4CCCCC4)c4ccc([N+](=O)[O-])cc4)CC3)cc2)c1. The Kier molecular flexibility index (Phi) is 14.7. The molecule has 278 valence electrons. The molecule has 3 aromatic rings. The van der Waals surface area contributed by atoms with Crippen LogP contribution < -0.4 is 5.32 Å². The highest BCUT2D eigenvalue weighted by atomic mass is 16.6. The maximum Gasteiger partial charge on any atom is 0.310 e. The van der Waals surface area contributed by atoms with Crippen molar-refractivity contribution in [1.82, 2.24) is 14.7 Å². The first kappa shape index (κ1) is 38.6. The van der Waals surface area contributed by atoms with E-state index in [1.165, 1.54) is 19.3 Å². The quantitative estimate of drug-likeness (QED) is 0.0851. The van der Waals surface area contributed by atoms with E-state index in [0.717, 1.165) is 86.0 Å². The van der Waals surface area contributed by atoms with Crippen molar-refractivity contribution in [3.05, 3.63) is 105 Å². The molecule has 2 saturated heterocycles. The molecule has 52 heavy (non-hydrogen) atoms. The number of anilines is 1. The van der Waals surface area contributed by atoms with E-state index in [9.17, 15) is 19.7 Å². The van der Waals surface area contributed by atoms with Gasteiger partial charge in [-0.3, -0.25) is 34.5 Å². The third-order valence-corrected chi connectivity index (χ3v) is 9.82. The monoisotopic (exact) mass is 712 g/mol. The van der Waals surface area contributed by atoms with E-state index < -0.39 is 0 Å². The Morgan fingerprint density at radius 2 is 1.44 bits per heavy atom. The predicted molar refractivity (Wildman–Crippen MR) is 203 cm³/mol. The van der Waals surface area contributed by atoms with Crippen LogP contribution in [-0.4, -0.2) is 110 Å². The van der Waals surface area contributed by atoms with Gasteiger partial charge >= 0.3 is 11.9 Å². The number of piperazine rings is 1. The molecule has 1 N–H and O–H groups in total. The number of ether oxygens (including phenoxy) is 2. The summed E-state index contributed by atoms with van der Waals surface area (Å²) in [5, 5.41) is 14.4. The van der Waals surface area contributed by atoms with Crippen LogP contribution in [0, 0.1) is 10.1 Å². The van der Waals surface area contributed by atoms with Crippen molar-refractivity contribution in [2.75, 3.05) is 77.9 Å². The van der Waals surface area contributed by atoms with E-state index in [4.69, 9.17) is 14.5 Å². The number of likely N-dealkylation sites (tertiary alicyclic amines) is 1. The number of nitrogens with zero attached hydrogens (tertiary/aromatic N) is 5. The number of hydrogen-bond acceptors (Lipinski definition) is 11. The molecule has 12 heteroatoms. The Labute approximate surface area is 306 Å². The lowest BCUT2D eigenvalue weighted by molar-refractivity contribution is -0.384. The number of nitro benzene ring substituents is 1. The molecule has 1 atom stereocenters. The number of non-ortho nitro benzene ring substituents is 1. The largest absolute Gasteiger partial charge is 0.464 e. The van der Waals surface area contributed by atoms with Gasteiger partial charge in [-0.2, -0.15) is 0 Å². The number of nitrogens with one attached hydrogen (secondary N) is 1. The first-order valence-corrected chi connectivity index (χ1v) is 18.4. The van der Waals surface area contributed by atoms with E-state index >= 15 is 0 Å². The fraction of sp³-hybridized carbons (Fsp3) is 0.475. The molecule has 0 radical (unpaired) electrons. The lowest BCUT2D eigenvalue weighted by atomic mass is 9.99.